The molecule has 1 aliphatic heterocycles. The Morgan fingerprint density at radius 3 is 2.83 bits per heavy atom. The summed E-state index contributed by atoms with van der Waals surface area (Å²) in [5.41, 5.74) is -0.156. The molecule has 18 heavy (non-hydrogen) atoms. The van der Waals surface area contributed by atoms with E-state index in [0.717, 1.165) is 6.42 Å². The summed E-state index contributed by atoms with van der Waals surface area (Å²) in [6.45, 7) is 1.17. The van der Waals surface area contributed by atoms with Gasteiger partial charge in [0, 0.05) is 29.0 Å². The fourth-order valence-corrected chi connectivity index (χ4v) is 2.63. The molecule has 0 N–H and O–H groups in total. The molecule has 0 aromatic heterocycles. The Balaban J connectivity index is 2.33. The smallest absolute Gasteiger partial charge is 0.283 e. The number of likely N-dealkylation sites (tertiary alicyclic amines) is 1. The lowest BCUT2D eigenvalue weighted by molar-refractivity contribution is -0.385. The first kappa shape index (κ1) is 13.3. The Kier molecular flexibility index (Phi) is 3.87. The number of rotatable bonds is 2. The van der Waals surface area contributed by atoms with E-state index < -0.39 is 4.92 Å². The van der Waals surface area contributed by atoms with Gasteiger partial charge >= 0.3 is 0 Å². The van der Waals surface area contributed by atoms with Crippen LogP contribution in [0.4, 0.5) is 5.69 Å². The molecule has 1 saturated heterocycles. The third kappa shape index (κ3) is 2.64. The third-order valence-corrected chi connectivity index (χ3v) is 3.79. The minimum atomic E-state index is -0.583. The van der Waals surface area contributed by atoms with E-state index in [0.29, 0.717) is 13.1 Å². The van der Waals surface area contributed by atoms with Gasteiger partial charge in [-0.3, -0.25) is 14.9 Å². The Bertz CT molecular complexity index is 509. The number of carbonyl (C=O) groups is 1. The number of hydrogen-bond acceptors (Lipinski definition) is 3. The molecule has 0 aliphatic carbocycles. The number of halogens is 2. The van der Waals surface area contributed by atoms with Crippen LogP contribution in [0.15, 0.2) is 18.2 Å². The molecule has 1 unspecified atom stereocenters. The summed E-state index contributed by atoms with van der Waals surface area (Å²) in [7, 11) is 0. The van der Waals surface area contributed by atoms with Crippen molar-refractivity contribution in [3.8, 4) is 0 Å². The first-order chi connectivity index (χ1) is 8.49. The van der Waals surface area contributed by atoms with Gasteiger partial charge in [0.25, 0.3) is 11.6 Å². The normalized spacial score (nSPS) is 19.0. The van der Waals surface area contributed by atoms with Crippen molar-refractivity contribution in [2.24, 2.45) is 0 Å². The Morgan fingerprint density at radius 1 is 1.56 bits per heavy atom. The third-order valence-electron chi connectivity index (χ3n) is 2.80. The molecule has 1 aromatic carbocycles. The molecule has 0 saturated carbocycles. The largest absolute Gasteiger partial charge is 0.337 e. The van der Waals surface area contributed by atoms with Crippen LogP contribution in [0.5, 0.6) is 0 Å². The van der Waals surface area contributed by atoms with Gasteiger partial charge in [-0.25, -0.2) is 0 Å². The van der Waals surface area contributed by atoms with Gasteiger partial charge in [-0.05, 0) is 18.6 Å². The zero-order valence-corrected chi connectivity index (χ0v) is 11.6. The monoisotopic (exact) mass is 332 g/mol. The van der Waals surface area contributed by atoms with Gasteiger partial charge in [0.15, 0.2) is 0 Å². The second-order valence-electron chi connectivity index (χ2n) is 4.06. The molecule has 1 aromatic rings. The maximum absolute atomic E-state index is 12.2. The molecule has 0 spiro atoms. The summed E-state index contributed by atoms with van der Waals surface area (Å²) in [6, 6.07) is 4.10. The summed E-state index contributed by atoms with van der Waals surface area (Å²) < 4.78 is 0. The summed E-state index contributed by atoms with van der Waals surface area (Å²) in [4.78, 5) is 24.4. The molecule has 0 bridgehead atoms. The van der Waals surface area contributed by atoms with Crippen molar-refractivity contribution in [3.05, 3.63) is 38.9 Å². The van der Waals surface area contributed by atoms with E-state index in [1.807, 2.05) is 0 Å². The van der Waals surface area contributed by atoms with E-state index in [1.54, 1.807) is 4.90 Å². The number of nitro benzene ring substituents is 1. The van der Waals surface area contributed by atoms with Gasteiger partial charge in [0.2, 0.25) is 0 Å². The highest BCUT2D eigenvalue weighted by Gasteiger charge is 2.29. The Hall–Kier alpha value is -1.14. The molecule has 1 aliphatic rings. The zero-order chi connectivity index (χ0) is 13.3. The van der Waals surface area contributed by atoms with Gasteiger partial charge in [-0.15, -0.1) is 0 Å². The molecule has 0 radical (unpaired) electrons. The molecular formula is C11H10BrClN2O3. The lowest BCUT2D eigenvalue weighted by Crippen LogP contribution is -2.29. The van der Waals surface area contributed by atoms with Crippen LogP contribution in [-0.2, 0) is 0 Å². The van der Waals surface area contributed by atoms with Crippen molar-refractivity contribution < 1.29 is 9.72 Å². The van der Waals surface area contributed by atoms with Crippen molar-refractivity contribution in [1.29, 1.82) is 0 Å². The van der Waals surface area contributed by atoms with Crippen molar-refractivity contribution in [1.82, 2.24) is 4.90 Å². The van der Waals surface area contributed by atoms with Crippen LogP contribution < -0.4 is 0 Å². The standard InChI is InChI=1S/C11H10BrClN2O3/c12-7-3-4-14(6-7)11(16)9-2-1-8(13)5-10(9)15(17)18/h1-2,5,7H,3-4,6H2. The highest BCUT2D eigenvalue weighted by molar-refractivity contribution is 9.09. The summed E-state index contributed by atoms with van der Waals surface area (Å²) in [5.74, 6) is -0.319. The fourth-order valence-electron chi connectivity index (χ4n) is 1.91. The van der Waals surface area contributed by atoms with E-state index in [1.165, 1.54) is 18.2 Å². The maximum atomic E-state index is 12.2. The molecule has 96 valence electrons. The minimum absolute atomic E-state index is 0.0889. The highest BCUT2D eigenvalue weighted by Crippen LogP contribution is 2.26. The number of nitrogens with zero attached hydrogens (tertiary/aromatic N) is 2. The number of nitro groups is 1. The first-order valence-electron chi connectivity index (χ1n) is 5.36. The summed E-state index contributed by atoms with van der Waals surface area (Å²) in [5, 5.41) is 11.2. The molecule has 7 heteroatoms. The van der Waals surface area contributed by atoms with E-state index in [4.69, 9.17) is 11.6 Å². The molecule has 2 rings (SSSR count). The average Bonchev–Trinajstić information content (AvgIpc) is 2.75. The van der Waals surface area contributed by atoms with Crippen LogP contribution in [0.25, 0.3) is 0 Å². The van der Waals surface area contributed by atoms with Crippen LogP contribution in [0.1, 0.15) is 16.8 Å². The minimum Gasteiger partial charge on any atom is -0.337 e. The Morgan fingerprint density at radius 2 is 2.28 bits per heavy atom. The number of benzene rings is 1. The molecule has 1 fully saturated rings. The van der Waals surface area contributed by atoms with Crippen LogP contribution >= 0.6 is 27.5 Å². The van der Waals surface area contributed by atoms with Gasteiger partial charge in [0.05, 0.1) is 4.92 Å². The first-order valence-corrected chi connectivity index (χ1v) is 6.65. The maximum Gasteiger partial charge on any atom is 0.283 e. The lowest BCUT2D eigenvalue weighted by Gasteiger charge is -2.15. The highest BCUT2D eigenvalue weighted by atomic mass is 79.9. The van der Waals surface area contributed by atoms with E-state index >= 15 is 0 Å². The van der Waals surface area contributed by atoms with Crippen molar-refractivity contribution >= 4 is 39.1 Å². The van der Waals surface area contributed by atoms with E-state index in [9.17, 15) is 14.9 Å². The molecule has 1 heterocycles. The molecule has 5 nitrogen and oxygen atoms in total. The topological polar surface area (TPSA) is 63.4 Å². The fraction of sp³-hybridized carbons (Fsp3) is 0.364. The number of hydrogen-bond donors (Lipinski definition) is 0. The van der Waals surface area contributed by atoms with Gasteiger partial charge in [-0.1, -0.05) is 27.5 Å². The van der Waals surface area contributed by atoms with Gasteiger partial charge < -0.3 is 4.90 Å². The van der Waals surface area contributed by atoms with Crippen LogP contribution in [-0.4, -0.2) is 33.6 Å². The Labute approximate surface area is 117 Å². The predicted molar refractivity (Wildman–Crippen MR) is 71.3 cm³/mol. The second-order valence-corrected chi connectivity index (χ2v) is 5.79. The summed E-state index contributed by atoms with van der Waals surface area (Å²) in [6.07, 6.45) is 0.854. The second kappa shape index (κ2) is 5.24. The van der Waals surface area contributed by atoms with E-state index in [-0.39, 0.29) is 27.0 Å². The van der Waals surface area contributed by atoms with Crippen LogP contribution in [0, 0.1) is 10.1 Å². The lowest BCUT2D eigenvalue weighted by atomic mass is 10.1. The quantitative estimate of drug-likeness (QED) is 0.475. The van der Waals surface area contributed by atoms with Crippen LogP contribution in [0.3, 0.4) is 0 Å². The number of carbonyl (C=O) groups excluding carboxylic acids is 1. The van der Waals surface area contributed by atoms with E-state index in [2.05, 4.69) is 15.9 Å². The van der Waals surface area contributed by atoms with Crippen LogP contribution in [0.2, 0.25) is 5.02 Å². The van der Waals surface area contributed by atoms with Crippen molar-refractivity contribution in [2.75, 3.05) is 13.1 Å². The summed E-state index contributed by atoms with van der Waals surface area (Å²) >= 11 is 9.14. The van der Waals surface area contributed by atoms with Gasteiger partial charge in [0.1, 0.15) is 5.56 Å². The zero-order valence-electron chi connectivity index (χ0n) is 9.31. The molecular weight excluding hydrogens is 323 g/mol. The number of alkyl halides is 1. The molecule has 1 amide bonds. The van der Waals surface area contributed by atoms with Crippen molar-refractivity contribution in [2.45, 2.75) is 11.2 Å². The molecule has 1 atom stereocenters. The predicted octanol–water partition coefficient (Wildman–Crippen LogP) is 2.86. The number of amides is 1. The van der Waals surface area contributed by atoms with Gasteiger partial charge in [-0.2, -0.15) is 0 Å². The van der Waals surface area contributed by atoms with Crippen molar-refractivity contribution in [3.63, 3.8) is 0 Å². The SMILES string of the molecule is O=C(c1ccc(Cl)cc1[N+](=O)[O-])N1CCC(Br)C1. The average molecular weight is 334 g/mol.